The third kappa shape index (κ3) is 3.13. The van der Waals surface area contributed by atoms with E-state index in [0.29, 0.717) is 17.8 Å². The van der Waals surface area contributed by atoms with Gasteiger partial charge in [-0.15, -0.1) is 0 Å². The van der Waals surface area contributed by atoms with Gasteiger partial charge in [-0.05, 0) is 50.0 Å². The summed E-state index contributed by atoms with van der Waals surface area (Å²) in [4.78, 5) is 12.6. The average Bonchev–Trinajstić information content (AvgIpc) is 2.77. The molecule has 1 saturated carbocycles. The quantitative estimate of drug-likeness (QED) is 0.799. The normalized spacial score (nSPS) is 39.5. The summed E-state index contributed by atoms with van der Waals surface area (Å²) in [7, 11) is 0. The molecule has 110 valence electrons. The van der Waals surface area contributed by atoms with Crippen LogP contribution in [-0.2, 0) is 9.53 Å². The van der Waals surface area contributed by atoms with Crippen molar-refractivity contribution in [3.05, 3.63) is 0 Å². The molecule has 0 amide bonds. The van der Waals surface area contributed by atoms with Crippen LogP contribution in [0.1, 0.15) is 53.4 Å². The van der Waals surface area contributed by atoms with Crippen LogP contribution in [0.2, 0.25) is 0 Å². The topological polar surface area (TPSA) is 38.3 Å². The fourth-order valence-corrected chi connectivity index (χ4v) is 3.85. The van der Waals surface area contributed by atoms with Crippen LogP contribution in [0.4, 0.5) is 0 Å². The highest BCUT2D eigenvalue weighted by Gasteiger charge is 2.46. The van der Waals surface area contributed by atoms with Gasteiger partial charge in [0, 0.05) is 6.54 Å². The minimum atomic E-state index is -0.288. The van der Waals surface area contributed by atoms with Gasteiger partial charge in [0.05, 0.1) is 5.41 Å². The molecule has 0 bridgehead atoms. The number of hydrogen-bond acceptors (Lipinski definition) is 3. The summed E-state index contributed by atoms with van der Waals surface area (Å²) in [5.74, 6) is 1.74. The zero-order valence-corrected chi connectivity index (χ0v) is 12.9. The SMILES string of the molecule is CC1CC(C)CC(OC(=O)C2(C(C)C)CCNC2)C1. The molecular weight excluding hydrogens is 238 g/mol. The van der Waals surface area contributed by atoms with E-state index in [2.05, 4.69) is 33.0 Å². The minimum Gasteiger partial charge on any atom is -0.462 e. The van der Waals surface area contributed by atoms with Crippen LogP contribution in [0.3, 0.4) is 0 Å². The summed E-state index contributed by atoms with van der Waals surface area (Å²) in [5.41, 5.74) is -0.288. The maximum absolute atomic E-state index is 12.6. The van der Waals surface area contributed by atoms with E-state index >= 15 is 0 Å². The molecule has 1 N–H and O–H groups in total. The standard InChI is InChI=1S/C16H29NO2/c1-11(2)16(5-6-17-10-16)15(18)19-14-8-12(3)7-13(4)9-14/h11-14,17H,5-10H2,1-4H3. The summed E-state index contributed by atoms with van der Waals surface area (Å²) < 4.78 is 5.90. The van der Waals surface area contributed by atoms with Crippen molar-refractivity contribution in [2.24, 2.45) is 23.2 Å². The van der Waals surface area contributed by atoms with Crippen LogP contribution < -0.4 is 5.32 Å². The Hall–Kier alpha value is -0.570. The highest BCUT2D eigenvalue weighted by molar-refractivity contribution is 5.78. The molecule has 3 atom stereocenters. The number of hydrogen-bond donors (Lipinski definition) is 1. The first-order valence-electron chi connectivity index (χ1n) is 7.86. The number of carbonyl (C=O) groups excluding carboxylic acids is 1. The van der Waals surface area contributed by atoms with E-state index in [9.17, 15) is 4.79 Å². The summed E-state index contributed by atoms with van der Waals surface area (Å²) >= 11 is 0. The molecule has 1 aliphatic carbocycles. The number of ether oxygens (including phenoxy) is 1. The fourth-order valence-electron chi connectivity index (χ4n) is 3.85. The van der Waals surface area contributed by atoms with Crippen molar-refractivity contribution in [3.63, 3.8) is 0 Å². The fraction of sp³-hybridized carbons (Fsp3) is 0.938. The van der Waals surface area contributed by atoms with Gasteiger partial charge >= 0.3 is 5.97 Å². The lowest BCUT2D eigenvalue weighted by Crippen LogP contribution is -2.42. The lowest BCUT2D eigenvalue weighted by Gasteiger charge is -2.36. The maximum atomic E-state index is 12.6. The molecule has 0 aromatic carbocycles. The van der Waals surface area contributed by atoms with E-state index in [0.717, 1.165) is 32.4 Å². The number of nitrogens with one attached hydrogen (secondary N) is 1. The Morgan fingerprint density at radius 1 is 1.21 bits per heavy atom. The monoisotopic (exact) mass is 267 g/mol. The van der Waals surface area contributed by atoms with Crippen molar-refractivity contribution >= 4 is 5.97 Å². The Morgan fingerprint density at radius 3 is 2.32 bits per heavy atom. The molecule has 1 aliphatic heterocycles. The third-order valence-electron chi connectivity index (χ3n) is 5.11. The van der Waals surface area contributed by atoms with Gasteiger partial charge in [0.15, 0.2) is 0 Å². The molecule has 1 heterocycles. The molecule has 2 aliphatic rings. The Morgan fingerprint density at radius 2 is 1.84 bits per heavy atom. The van der Waals surface area contributed by atoms with Crippen LogP contribution >= 0.6 is 0 Å². The second-order valence-electron chi connectivity index (χ2n) is 7.18. The number of esters is 1. The van der Waals surface area contributed by atoms with Gasteiger partial charge in [0.25, 0.3) is 0 Å². The van der Waals surface area contributed by atoms with E-state index in [1.54, 1.807) is 0 Å². The maximum Gasteiger partial charge on any atom is 0.313 e. The zero-order chi connectivity index (χ0) is 14.0. The molecule has 2 rings (SSSR count). The molecule has 1 saturated heterocycles. The largest absolute Gasteiger partial charge is 0.462 e. The highest BCUT2D eigenvalue weighted by atomic mass is 16.5. The van der Waals surface area contributed by atoms with Crippen molar-refractivity contribution in [1.82, 2.24) is 5.32 Å². The lowest BCUT2D eigenvalue weighted by molar-refractivity contribution is -0.166. The molecule has 3 nitrogen and oxygen atoms in total. The summed E-state index contributed by atoms with van der Waals surface area (Å²) in [6, 6.07) is 0. The van der Waals surface area contributed by atoms with Crippen molar-refractivity contribution in [2.45, 2.75) is 59.5 Å². The van der Waals surface area contributed by atoms with Gasteiger partial charge in [-0.3, -0.25) is 4.79 Å². The van der Waals surface area contributed by atoms with Crippen molar-refractivity contribution < 1.29 is 9.53 Å². The molecule has 0 aromatic rings. The van der Waals surface area contributed by atoms with Crippen LogP contribution in [0, 0.1) is 23.2 Å². The first-order valence-corrected chi connectivity index (χ1v) is 7.86. The van der Waals surface area contributed by atoms with Gasteiger partial charge < -0.3 is 10.1 Å². The molecule has 2 fully saturated rings. The first kappa shape index (κ1) is 14.8. The summed E-state index contributed by atoms with van der Waals surface area (Å²) in [6.07, 6.45) is 4.41. The smallest absolute Gasteiger partial charge is 0.313 e. The second kappa shape index (κ2) is 5.82. The minimum absolute atomic E-state index is 0.0406. The zero-order valence-electron chi connectivity index (χ0n) is 12.9. The van der Waals surface area contributed by atoms with Crippen LogP contribution in [0.5, 0.6) is 0 Å². The van der Waals surface area contributed by atoms with Crippen molar-refractivity contribution in [1.29, 1.82) is 0 Å². The van der Waals surface area contributed by atoms with Crippen molar-refractivity contribution in [3.8, 4) is 0 Å². The highest BCUT2D eigenvalue weighted by Crippen LogP contribution is 2.38. The van der Waals surface area contributed by atoms with Crippen LogP contribution in [0.25, 0.3) is 0 Å². The molecule has 0 aromatic heterocycles. The van der Waals surface area contributed by atoms with E-state index in [-0.39, 0.29) is 17.5 Å². The molecule has 19 heavy (non-hydrogen) atoms. The van der Waals surface area contributed by atoms with E-state index in [4.69, 9.17) is 4.74 Å². The van der Waals surface area contributed by atoms with Gasteiger partial charge in [-0.1, -0.05) is 27.7 Å². The number of rotatable bonds is 3. The van der Waals surface area contributed by atoms with E-state index in [1.807, 2.05) is 0 Å². The molecule has 0 radical (unpaired) electrons. The van der Waals surface area contributed by atoms with E-state index in [1.165, 1.54) is 6.42 Å². The van der Waals surface area contributed by atoms with Gasteiger partial charge in [0.2, 0.25) is 0 Å². The molecule has 3 heteroatoms. The third-order valence-corrected chi connectivity index (χ3v) is 5.11. The van der Waals surface area contributed by atoms with Crippen molar-refractivity contribution in [2.75, 3.05) is 13.1 Å². The average molecular weight is 267 g/mol. The lowest BCUT2D eigenvalue weighted by atomic mass is 9.76. The number of carbonyl (C=O) groups is 1. The van der Waals surface area contributed by atoms with Gasteiger partial charge in [-0.25, -0.2) is 0 Å². The van der Waals surface area contributed by atoms with Crippen LogP contribution in [0.15, 0.2) is 0 Å². The molecular formula is C16H29NO2. The predicted octanol–water partition coefficient (Wildman–Crippen LogP) is 2.99. The first-order chi connectivity index (χ1) is 8.94. The van der Waals surface area contributed by atoms with Crippen LogP contribution in [-0.4, -0.2) is 25.2 Å². The summed E-state index contributed by atoms with van der Waals surface area (Å²) in [6.45, 7) is 10.5. The van der Waals surface area contributed by atoms with Gasteiger partial charge in [0.1, 0.15) is 6.10 Å². The Bertz CT molecular complexity index is 311. The Labute approximate surface area is 117 Å². The van der Waals surface area contributed by atoms with E-state index < -0.39 is 0 Å². The molecule has 3 unspecified atom stereocenters. The summed E-state index contributed by atoms with van der Waals surface area (Å²) in [5, 5.41) is 3.33. The van der Waals surface area contributed by atoms with Gasteiger partial charge in [-0.2, -0.15) is 0 Å². The Kier molecular flexibility index (Phi) is 4.54. The Balaban J connectivity index is 1.99. The predicted molar refractivity (Wildman–Crippen MR) is 76.8 cm³/mol. The molecule has 0 spiro atoms. The second-order valence-corrected chi connectivity index (χ2v) is 7.18.